The number of para-hydroxylation sites is 2. The van der Waals surface area contributed by atoms with Crippen LogP contribution < -0.4 is 30.7 Å². The van der Waals surface area contributed by atoms with Crippen molar-refractivity contribution in [2.24, 2.45) is 0 Å². The average molecular weight is 619 g/mol. The fourth-order valence-corrected chi connectivity index (χ4v) is 6.70. The molecule has 0 atom stereocenters. The first kappa shape index (κ1) is 36.8. The quantitative estimate of drug-likeness (QED) is 0.0572. The number of ether oxygens (including phenoxy) is 2. The van der Waals surface area contributed by atoms with E-state index < -0.39 is 0 Å². The molecule has 6 nitrogen and oxygen atoms in total. The summed E-state index contributed by atoms with van der Waals surface area (Å²) in [6, 6.07) is 16.5. The van der Waals surface area contributed by atoms with Crippen LogP contribution in [0.2, 0.25) is 0 Å². The summed E-state index contributed by atoms with van der Waals surface area (Å²) < 4.78 is 10.8. The number of hydrogen-bond acceptors (Lipinski definition) is 8. The molecular formula is C34H58N4O2S2. The molecule has 0 amide bonds. The van der Waals surface area contributed by atoms with Gasteiger partial charge in [0.2, 0.25) is 0 Å². The maximum absolute atomic E-state index is 5.41. The van der Waals surface area contributed by atoms with Crippen LogP contribution in [0.25, 0.3) is 0 Å². The Kier molecular flexibility index (Phi) is 23.8. The van der Waals surface area contributed by atoms with Gasteiger partial charge in [-0.05, 0) is 64.0 Å². The first-order valence-electron chi connectivity index (χ1n) is 16.2. The van der Waals surface area contributed by atoms with Gasteiger partial charge in [0, 0.05) is 48.8 Å². The Morgan fingerprint density at radius 1 is 0.452 bits per heavy atom. The molecule has 42 heavy (non-hydrogen) atoms. The lowest BCUT2D eigenvalue weighted by Gasteiger charge is -2.09. The summed E-state index contributed by atoms with van der Waals surface area (Å²) in [6.45, 7) is 8.46. The lowest BCUT2D eigenvalue weighted by molar-refractivity contribution is 0.407. The van der Waals surface area contributed by atoms with E-state index in [4.69, 9.17) is 9.47 Å². The van der Waals surface area contributed by atoms with E-state index in [2.05, 4.69) is 45.5 Å². The normalized spacial score (nSPS) is 11.2. The maximum atomic E-state index is 5.41. The minimum absolute atomic E-state index is 0.882. The Morgan fingerprint density at radius 2 is 0.810 bits per heavy atom. The maximum Gasteiger partial charge on any atom is 0.123 e. The SMILES string of the molecule is COc1ccccc1CNCCCCCCCNCCSSCCNCCCCCCCNCc1ccccc1OC. The lowest BCUT2D eigenvalue weighted by atomic mass is 10.1. The highest BCUT2D eigenvalue weighted by Gasteiger charge is 2.02. The molecule has 0 bridgehead atoms. The molecule has 4 N–H and O–H groups in total. The van der Waals surface area contributed by atoms with Crippen molar-refractivity contribution < 1.29 is 9.47 Å². The largest absolute Gasteiger partial charge is 0.496 e. The topological polar surface area (TPSA) is 66.6 Å². The summed E-state index contributed by atoms with van der Waals surface area (Å²) in [5, 5.41) is 14.3. The second-order valence-electron chi connectivity index (χ2n) is 10.7. The third kappa shape index (κ3) is 19.0. The molecule has 0 spiro atoms. The fraction of sp³-hybridized carbons (Fsp3) is 0.647. The molecule has 0 aliphatic carbocycles. The van der Waals surface area contributed by atoms with Crippen LogP contribution in [0.5, 0.6) is 11.5 Å². The van der Waals surface area contributed by atoms with Crippen molar-refractivity contribution in [1.29, 1.82) is 0 Å². The van der Waals surface area contributed by atoms with Gasteiger partial charge in [-0.1, -0.05) is 96.5 Å². The molecule has 0 radical (unpaired) electrons. The van der Waals surface area contributed by atoms with Crippen LogP contribution >= 0.6 is 21.6 Å². The molecule has 0 unspecified atom stereocenters. The second kappa shape index (κ2) is 27.2. The van der Waals surface area contributed by atoms with Gasteiger partial charge in [-0.3, -0.25) is 0 Å². The Bertz CT molecular complexity index is 819. The van der Waals surface area contributed by atoms with Crippen molar-refractivity contribution in [3.63, 3.8) is 0 Å². The molecule has 0 saturated heterocycles. The van der Waals surface area contributed by atoms with Gasteiger partial charge in [-0.2, -0.15) is 0 Å². The lowest BCUT2D eigenvalue weighted by Crippen LogP contribution is -2.19. The minimum Gasteiger partial charge on any atom is -0.496 e. The van der Waals surface area contributed by atoms with Crippen LogP contribution in [0.4, 0.5) is 0 Å². The van der Waals surface area contributed by atoms with E-state index in [1.807, 2.05) is 45.9 Å². The van der Waals surface area contributed by atoms with Crippen molar-refractivity contribution in [3.05, 3.63) is 59.7 Å². The highest BCUT2D eigenvalue weighted by Crippen LogP contribution is 2.19. The van der Waals surface area contributed by atoms with Gasteiger partial charge >= 0.3 is 0 Å². The van der Waals surface area contributed by atoms with Crippen molar-refractivity contribution >= 4 is 21.6 Å². The minimum atomic E-state index is 0.882. The smallest absolute Gasteiger partial charge is 0.123 e. The summed E-state index contributed by atoms with van der Waals surface area (Å²) in [5.41, 5.74) is 2.47. The van der Waals surface area contributed by atoms with Crippen molar-refractivity contribution in [2.45, 2.75) is 77.3 Å². The average Bonchev–Trinajstić information content (AvgIpc) is 3.03. The number of nitrogens with one attached hydrogen (secondary N) is 4. The molecule has 0 aliphatic heterocycles. The monoisotopic (exact) mass is 618 g/mol. The standard InChI is InChI=1S/C34H58N4O2S2/c1-39-33-19-11-9-17-31(33)29-37-23-15-7-3-5-13-21-35-25-27-41-42-28-26-36-22-14-6-4-8-16-24-38-30-32-18-10-12-20-34(32)40-2/h9-12,17-20,35-38H,3-8,13-16,21-30H2,1-2H3. The molecule has 2 rings (SSSR count). The summed E-state index contributed by atoms with van der Waals surface area (Å²) in [6.07, 6.45) is 13.0. The van der Waals surface area contributed by atoms with E-state index in [1.165, 1.54) is 86.8 Å². The molecule has 2 aromatic carbocycles. The Morgan fingerprint density at radius 3 is 1.21 bits per heavy atom. The number of rotatable bonds is 29. The molecule has 0 saturated carbocycles. The van der Waals surface area contributed by atoms with Gasteiger partial charge in [-0.15, -0.1) is 0 Å². The van der Waals surface area contributed by atoms with Crippen molar-refractivity contribution in [2.75, 3.05) is 65.0 Å². The second-order valence-corrected chi connectivity index (χ2v) is 13.4. The number of methoxy groups -OCH3 is 2. The van der Waals surface area contributed by atoms with Gasteiger partial charge in [0.1, 0.15) is 11.5 Å². The zero-order valence-corrected chi connectivity index (χ0v) is 28.0. The third-order valence-electron chi connectivity index (χ3n) is 7.24. The number of hydrogen-bond donors (Lipinski definition) is 4. The van der Waals surface area contributed by atoms with E-state index in [0.29, 0.717) is 0 Å². The van der Waals surface area contributed by atoms with Gasteiger partial charge < -0.3 is 30.7 Å². The molecular weight excluding hydrogens is 561 g/mol. The van der Waals surface area contributed by atoms with Crippen molar-refractivity contribution in [3.8, 4) is 11.5 Å². The van der Waals surface area contributed by atoms with Crippen LogP contribution in [0.3, 0.4) is 0 Å². The van der Waals surface area contributed by atoms with E-state index in [-0.39, 0.29) is 0 Å². The Labute approximate surface area is 265 Å². The Balaban J connectivity index is 1.21. The highest BCUT2D eigenvalue weighted by atomic mass is 33.1. The van der Waals surface area contributed by atoms with E-state index in [0.717, 1.165) is 63.9 Å². The van der Waals surface area contributed by atoms with Gasteiger partial charge in [0.05, 0.1) is 14.2 Å². The molecule has 0 fully saturated rings. The predicted molar refractivity (Wildman–Crippen MR) is 186 cm³/mol. The van der Waals surface area contributed by atoms with Crippen LogP contribution in [0, 0.1) is 0 Å². The molecule has 2 aromatic rings. The zero-order valence-electron chi connectivity index (χ0n) is 26.4. The summed E-state index contributed by atoms with van der Waals surface area (Å²) in [7, 11) is 7.48. The predicted octanol–water partition coefficient (Wildman–Crippen LogP) is 7.04. The van der Waals surface area contributed by atoms with Crippen LogP contribution in [-0.4, -0.2) is 65.0 Å². The van der Waals surface area contributed by atoms with Gasteiger partial charge in [-0.25, -0.2) is 0 Å². The third-order valence-corrected chi connectivity index (χ3v) is 9.65. The van der Waals surface area contributed by atoms with Crippen LogP contribution in [0.1, 0.15) is 75.3 Å². The Hall–Kier alpha value is -1.42. The van der Waals surface area contributed by atoms with E-state index in [1.54, 1.807) is 14.2 Å². The van der Waals surface area contributed by atoms with Gasteiger partial charge in [0.15, 0.2) is 0 Å². The molecule has 0 aliphatic rings. The molecule has 0 aromatic heterocycles. The summed E-state index contributed by atoms with van der Waals surface area (Å²) in [4.78, 5) is 0. The summed E-state index contributed by atoms with van der Waals surface area (Å²) in [5.74, 6) is 4.33. The zero-order chi connectivity index (χ0) is 29.8. The van der Waals surface area contributed by atoms with E-state index in [9.17, 15) is 0 Å². The van der Waals surface area contributed by atoms with Crippen LogP contribution in [-0.2, 0) is 13.1 Å². The van der Waals surface area contributed by atoms with E-state index >= 15 is 0 Å². The number of unbranched alkanes of at least 4 members (excludes halogenated alkanes) is 8. The molecule has 238 valence electrons. The van der Waals surface area contributed by atoms with Gasteiger partial charge in [0.25, 0.3) is 0 Å². The molecule has 8 heteroatoms. The fourth-order valence-electron chi connectivity index (χ4n) is 4.80. The van der Waals surface area contributed by atoms with Crippen LogP contribution in [0.15, 0.2) is 48.5 Å². The number of benzene rings is 2. The first-order chi connectivity index (χ1) is 20.8. The first-order valence-corrected chi connectivity index (χ1v) is 18.6. The summed E-state index contributed by atoms with van der Waals surface area (Å²) >= 11 is 0. The van der Waals surface area contributed by atoms with Crippen molar-refractivity contribution in [1.82, 2.24) is 21.3 Å². The highest BCUT2D eigenvalue weighted by molar-refractivity contribution is 8.76. The molecule has 0 heterocycles.